The Kier molecular flexibility index (Phi) is 3.32. The monoisotopic (exact) mass is 245 g/mol. The van der Waals surface area contributed by atoms with Crippen molar-refractivity contribution in [2.75, 3.05) is 6.61 Å². The number of aliphatic carboxylic acids is 1. The Hall–Kier alpha value is -1.44. The van der Waals surface area contributed by atoms with Crippen molar-refractivity contribution in [3.05, 3.63) is 30.3 Å². The zero-order valence-electron chi connectivity index (χ0n) is 8.20. The summed E-state index contributed by atoms with van der Waals surface area (Å²) in [5.74, 6) is -1.79. The summed E-state index contributed by atoms with van der Waals surface area (Å²) in [4.78, 5) is 7.85. The summed E-state index contributed by atoms with van der Waals surface area (Å²) in [6.45, 7) is -1.19. The van der Waals surface area contributed by atoms with Gasteiger partial charge in [-0.05, 0) is 12.1 Å². The number of hydrogen-bond donors (Lipinski definition) is 3. The van der Waals surface area contributed by atoms with Gasteiger partial charge in [0.05, 0.1) is 11.5 Å². The number of nitrogens with two attached hydrogens (primary N) is 1. The summed E-state index contributed by atoms with van der Waals surface area (Å²) >= 11 is 0. The van der Waals surface area contributed by atoms with Crippen LogP contribution >= 0.6 is 0 Å². The van der Waals surface area contributed by atoms with Gasteiger partial charge in [0.25, 0.3) is 0 Å². The van der Waals surface area contributed by atoms with E-state index in [9.17, 15) is 13.2 Å². The summed E-state index contributed by atoms with van der Waals surface area (Å²) in [5, 5.41) is 17.6. The van der Waals surface area contributed by atoms with Crippen LogP contribution in [-0.4, -0.2) is 36.1 Å². The first-order valence-electron chi connectivity index (χ1n) is 4.29. The second-order valence-corrected chi connectivity index (χ2v) is 5.38. The van der Waals surface area contributed by atoms with E-state index in [1.807, 2.05) is 0 Å². The number of carbonyl (C=O) groups is 1. The molecule has 1 rings (SSSR count). The van der Waals surface area contributed by atoms with Crippen molar-refractivity contribution >= 4 is 15.8 Å². The van der Waals surface area contributed by atoms with Crippen molar-refractivity contribution in [2.45, 2.75) is 9.77 Å². The number of carboxylic acid groups (broad SMARTS) is 1. The third-order valence-electron chi connectivity index (χ3n) is 2.13. The summed E-state index contributed by atoms with van der Waals surface area (Å²) in [5.41, 5.74) is 5.21. The molecule has 0 aliphatic carbocycles. The Labute approximate surface area is 92.2 Å². The predicted molar refractivity (Wildman–Crippen MR) is 55.3 cm³/mol. The largest absolute Gasteiger partial charge is 0.479 e. The van der Waals surface area contributed by atoms with Gasteiger partial charge in [-0.1, -0.05) is 18.2 Å². The van der Waals surface area contributed by atoms with Gasteiger partial charge in [0.2, 0.25) is 14.7 Å². The lowest BCUT2D eigenvalue weighted by Crippen LogP contribution is -2.57. The quantitative estimate of drug-likeness (QED) is 0.638. The number of sulfone groups is 1. The average molecular weight is 245 g/mol. The minimum absolute atomic E-state index is 0.242. The molecule has 1 aromatic rings. The van der Waals surface area contributed by atoms with Crippen LogP contribution in [0.4, 0.5) is 0 Å². The molecule has 4 N–H and O–H groups in total. The van der Waals surface area contributed by atoms with Gasteiger partial charge >= 0.3 is 5.97 Å². The normalized spacial score (nSPS) is 15.4. The summed E-state index contributed by atoms with van der Waals surface area (Å²) in [7, 11) is -4.32. The van der Waals surface area contributed by atoms with Gasteiger partial charge < -0.3 is 15.9 Å². The molecule has 0 aromatic heterocycles. The van der Waals surface area contributed by atoms with E-state index in [4.69, 9.17) is 15.9 Å². The highest BCUT2D eigenvalue weighted by Crippen LogP contribution is 2.21. The zero-order chi connectivity index (χ0) is 12.4. The van der Waals surface area contributed by atoms with E-state index in [1.54, 1.807) is 6.07 Å². The second-order valence-electron chi connectivity index (χ2n) is 3.17. The lowest BCUT2D eigenvalue weighted by Gasteiger charge is -2.21. The van der Waals surface area contributed by atoms with Crippen LogP contribution in [0.3, 0.4) is 0 Å². The molecule has 1 aromatic carbocycles. The van der Waals surface area contributed by atoms with E-state index < -0.39 is 27.3 Å². The molecule has 0 aliphatic heterocycles. The summed E-state index contributed by atoms with van der Waals surface area (Å²) < 4.78 is 23.7. The highest BCUT2D eigenvalue weighted by atomic mass is 32.2. The molecule has 1 unspecified atom stereocenters. The Bertz CT molecular complexity index is 484. The molecule has 0 amide bonds. The number of hydrogen-bond acceptors (Lipinski definition) is 5. The van der Waals surface area contributed by atoms with Gasteiger partial charge in [0.1, 0.15) is 0 Å². The predicted octanol–water partition coefficient (Wildman–Crippen LogP) is -0.808. The summed E-state index contributed by atoms with van der Waals surface area (Å²) in [6.07, 6.45) is 0. The first kappa shape index (κ1) is 12.6. The average Bonchev–Trinajstić information content (AvgIpc) is 2.28. The fraction of sp³-hybridized carbons (Fsp3) is 0.222. The Morgan fingerprint density at radius 1 is 1.31 bits per heavy atom. The standard InChI is InChI=1S/C9H11NO5S/c10-9(6-11,8(12)13)16(14,15)7-4-2-1-3-5-7/h1-5,11H,6,10H2,(H,12,13). The van der Waals surface area contributed by atoms with Gasteiger partial charge in [0, 0.05) is 0 Å². The van der Waals surface area contributed by atoms with Crippen LogP contribution in [0.25, 0.3) is 0 Å². The molecule has 6 nitrogen and oxygen atoms in total. The van der Waals surface area contributed by atoms with Crippen LogP contribution in [0.1, 0.15) is 0 Å². The van der Waals surface area contributed by atoms with Crippen molar-refractivity contribution < 1.29 is 23.4 Å². The number of aliphatic hydroxyl groups excluding tert-OH is 1. The van der Waals surface area contributed by atoms with E-state index in [-0.39, 0.29) is 4.90 Å². The molecule has 0 bridgehead atoms. The minimum atomic E-state index is -4.32. The second kappa shape index (κ2) is 4.20. The number of carboxylic acids is 1. The Balaban J connectivity index is 3.37. The SMILES string of the molecule is NC(CO)(C(=O)O)S(=O)(=O)c1ccccc1. The molecule has 1 atom stereocenters. The molecule has 0 saturated carbocycles. The molecule has 0 saturated heterocycles. The van der Waals surface area contributed by atoms with Crippen LogP contribution in [0.2, 0.25) is 0 Å². The lowest BCUT2D eigenvalue weighted by atomic mass is 10.3. The molecular weight excluding hydrogens is 234 g/mol. The van der Waals surface area contributed by atoms with Crippen LogP contribution < -0.4 is 5.73 Å². The molecule has 16 heavy (non-hydrogen) atoms. The van der Waals surface area contributed by atoms with Crippen LogP contribution in [-0.2, 0) is 14.6 Å². The van der Waals surface area contributed by atoms with Gasteiger partial charge in [-0.25, -0.2) is 13.2 Å². The zero-order valence-corrected chi connectivity index (χ0v) is 9.02. The van der Waals surface area contributed by atoms with Crippen molar-refractivity contribution in [3.63, 3.8) is 0 Å². The lowest BCUT2D eigenvalue weighted by molar-refractivity contribution is -0.141. The van der Waals surface area contributed by atoms with E-state index in [0.717, 1.165) is 0 Å². The third kappa shape index (κ3) is 1.80. The first-order valence-corrected chi connectivity index (χ1v) is 5.77. The van der Waals surface area contributed by atoms with Crippen molar-refractivity contribution in [1.29, 1.82) is 0 Å². The molecule has 0 aliphatic rings. The molecular formula is C9H11NO5S. The topological polar surface area (TPSA) is 118 Å². The summed E-state index contributed by atoms with van der Waals surface area (Å²) in [6, 6.07) is 6.89. The smallest absolute Gasteiger partial charge is 0.342 e. The number of aliphatic hydroxyl groups is 1. The fourth-order valence-electron chi connectivity index (χ4n) is 1.08. The molecule has 0 radical (unpaired) electrons. The van der Waals surface area contributed by atoms with Gasteiger partial charge in [-0.3, -0.25) is 0 Å². The van der Waals surface area contributed by atoms with Crippen LogP contribution in [0, 0.1) is 0 Å². The molecule has 0 spiro atoms. The van der Waals surface area contributed by atoms with Gasteiger partial charge in [0.15, 0.2) is 0 Å². The first-order chi connectivity index (χ1) is 7.36. The van der Waals surface area contributed by atoms with E-state index in [1.165, 1.54) is 24.3 Å². The van der Waals surface area contributed by atoms with E-state index >= 15 is 0 Å². The number of rotatable bonds is 4. The van der Waals surface area contributed by atoms with Gasteiger partial charge in [-0.15, -0.1) is 0 Å². The number of benzene rings is 1. The van der Waals surface area contributed by atoms with Crippen LogP contribution in [0.15, 0.2) is 35.2 Å². The molecule has 7 heteroatoms. The molecule has 88 valence electrons. The highest BCUT2D eigenvalue weighted by molar-refractivity contribution is 7.93. The van der Waals surface area contributed by atoms with Crippen molar-refractivity contribution in [2.24, 2.45) is 5.73 Å². The van der Waals surface area contributed by atoms with Crippen molar-refractivity contribution in [3.8, 4) is 0 Å². The fourth-order valence-corrected chi connectivity index (χ4v) is 2.41. The van der Waals surface area contributed by atoms with E-state index in [0.29, 0.717) is 0 Å². The molecule has 0 fully saturated rings. The van der Waals surface area contributed by atoms with Crippen molar-refractivity contribution in [1.82, 2.24) is 0 Å². The van der Waals surface area contributed by atoms with Crippen LogP contribution in [0.5, 0.6) is 0 Å². The Morgan fingerprint density at radius 2 is 1.81 bits per heavy atom. The Morgan fingerprint density at radius 3 is 2.19 bits per heavy atom. The maximum absolute atomic E-state index is 11.9. The minimum Gasteiger partial charge on any atom is -0.479 e. The maximum atomic E-state index is 11.9. The maximum Gasteiger partial charge on any atom is 0.342 e. The van der Waals surface area contributed by atoms with E-state index in [2.05, 4.69) is 0 Å². The molecule has 0 heterocycles. The highest BCUT2D eigenvalue weighted by Gasteiger charge is 2.48. The third-order valence-corrected chi connectivity index (χ3v) is 4.29. The van der Waals surface area contributed by atoms with Gasteiger partial charge in [-0.2, -0.15) is 0 Å².